The monoisotopic (exact) mass is 317 g/mol. The minimum absolute atomic E-state index is 0.0581. The highest BCUT2D eigenvalue weighted by Gasteiger charge is 2.34. The number of hydrogen-bond acceptors (Lipinski definition) is 4. The number of furan rings is 1. The summed E-state index contributed by atoms with van der Waals surface area (Å²) >= 11 is 0. The molecule has 1 fully saturated rings. The molecule has 1 saturated heterocycles. The van der Waals surface area contributed by atoms with Crippen LogP contribution in [0.4, 0.5) is 0 Å². The van der Waals surface area contributed by atoms with E-state index in [1.165, 1.54) is 0 Å². The Kier molecular flexibility index (Phi) is 4.41. The van der Waals surface area contributed by atoms with Gasteiger partial charge < -0.3 is 14.1 Å². The van der Waals surface area contributed by atoms with Gasteiger partial charge in [0.05, 0.1) is 30.7 Å². The lowest BCUT2D eigenvalue weighted by Crippen LogP contribution is -2.31. The summed E-state index contributed by atoms with van der Waals surface area (Å²) in [5.74, 6) is 1.76. The predicted octanol–water partition coefficient (Wildman–Crippen LogP) is 2.63. The van der Waals surface area contributed by atoms with Crippen LogP contribution < -0.4 is 4.74 Å². The number of aromatic nitrogens is 2. The molecule has 1 atom stereocenters. The number of hydrogen-bond donors (Lipinski definition) is 0. The van der Waals surface area contributed by atoms with E-state index in [-0.39, 0.29) is 11.9 Å². The van der Waals surface area contributed by atoms with Crippen molar-refractivity contribution in [2.75, 3.05) is 13.7 Å². The molecular formula is C17H23N3O3. The SMILES string of the molecule is COc1c(C2CCCN2C(=O)CCc2ccco2)c(C)nn1C. The molecule has 1 unspecified atom stereocenters. The van der Waals surface area contributed by atoms with Gasteiger partial charge in [-0.15, -0.1) is 0 Å². The third-order valence-corrected chi connectivity index (χ3v) is 4.48. The first-order valence-electron chi connectivity index (χ1n) is 8.01. The zero-order chi connectivity index (χ0) is 16.4. The lowest BCUT2D eigenvalue weighted by atomic mass is 10.0. The van der Waals surface area contributed by atoms with Crippen molar-refractivity contribution in [2.24, 2.45) is 7.05 Å². The number of methoxy groups -OCH3 is 1. The van der Waals surface area contributed by atoms with Crippen LogP contribution in [0.25, 0.3) is 0 Å². The molecule has 0 bridgehead atoms. The largest absolute Gasteiger partial charge is 0.481 e. The molecule has 6 heteroatoms. The average Bonchev–Trinajstić information content (AvgIpc) is 3.24. The van der Waals surface area contributed by atoms with Gasteiger partial charge >= 0.3 is 0 Å². The highest BCUT2D eigenvalue weighted by Crippen LogP contribution is 2.39. The molecule has 1 aliphatic rings. The minimum Gasteiger partial charge on any atom is -0.481 e. The second-order valence-corrected chi connectivity index (χ2v) is 5.96. The average molecular weight is 317 g/mol. The van der Waals surface area contributed by atoms with Crippen molar-refractivity contribution in [1.29, 1.82) is 0 Å². The molecule has 0 aliphatic carbocycles. The van der Waals surface area contributed by atoms with Crippen LogP contribution in [0.5, 0.6) is 5.88 Å². The first-order chi connectivity index (χ1) is 11.1. The Bertz CT molecular complexity index is 676. The third kappa shape index (κ3) is 2.98. The van der Waals surface area contributed by atoms with Gasteiger partial charge in [0.2, 0.25) is 11.8 Å². The molecule has 0 radical (unpaired) electrons. The lowest BCUT2D eigenvalue weighted by molar-refractivity contribution is -0.132. The minimum atomic E-state index is 0.0581. The maximum Gasteiger partial charge on any atom is 0.223 e. The molecule has 1 aliphatic heterocycles. The van der Waals surface area contributed by atoms with Gasteiger partial charge in [0, 0.05) is 26.4 Å². The van der Waals surface area contributed by atoms with E-state index < -0.39 is 0 Å². The van der Waals surface area contributed by atoms with Crippen molar-refractivity contribution in [3.63, 3.8) is 0 Å². The maximum absolute atomic E-state index is 12.7. The van der Waals surface area contributed by atoms with Gasteiger partial charge in [0.15, 0.2) is 0 Å². The van der Waals surface area contributed by atoms with Crippen LogP contribution in [0.3, 0.4) is 0 Å². The Morgan fingerprint density at radius 3 is 3.04 bits per heavy atom. The summed E-state index contributed by atoms with van der Waals surface area (Å²) in [6.45, 7) is 2.76. The zero-order valence-corrected chi connectivity index (χ0v) is 13.9. The van der Waals surface area contributed by atoms with Crippen LogP contribution in [0.1, 0.15) is 42.3 Å². The standard InChI is InChI=1S/C17H23N3O3/c1-12-16(17(22-3)19(2)18-12)14-7-4-10-20(14)15(21)9-8-13-6-5-11-23-13/h5-6,11,14H,4,7-10H2,1-3H3. The van der Waals surface area contributed by atoms with Crippen molar-refractivity contribution in [2.45, 2.75) is 38.6 Å². The fourth-order valence-electron chi connectivity index (χ4n) is 3.47. The molecule has 124 valence electrons. The van der Waals surface area contributed by atoms with Gasteiger partial charge in [0.25, 0.3) is 0 Å². The Morgan fingerprint density at radius 2 is 2.35 bits per heavy atom. The van der Waals surface area contributed by atoms with E-state index in [2.05, 4.69) is 5.10 Å². The molecule has 0 N–H and O–H groups in total. The number of rotatable bonds is 5. The molecule has 0 saturated carbocycles. The molecule has 1 amide bonds. The summed E-state index contributed by atoms with van der Waals surface area (Å²) in [4.78, 5) is 14.6. The number of ether oxygens (including phenoxy) is 1. The van der Waals surface area contributed by atoms with Gasteiger partial charge in [-0.25, -0.2) is 4.68 Å². The number of amides is 1. The molecule has 2 aromatic rings. The van der Waals surface area contributed by atoms with Crippen molar-refractivity contribution >= 4 is 5.91 Å². The van der Waals surface area contributed by atoms with E-state index >= 15 is 0 Å². The Hall–Kier alpha value is -2.24. The number of aryl methyl sites for hydroxylation is 3. The summed E-state index contributed by atoms with van der Waals surface area (Å²) in [5, 5.41) is 4.45. The van der Waals surface area contributed by atoms with E-state index in [0.717, 1.165) is 42.3 Å². The first kappa shape index (κ1) is 15.6. The Morgan fingerprint density at radius 1 is 1.52 bits per heavy atom. The van der Waals surface area contributed by atoms with Crippen molar-refractivity contribution in [3.8, 4) is 5.88 Å². The van der Waals surface area contributed by atoms with Crippen LogP contribution in [0.2, 0.25) is 0 Å². The second kappa shape index (κ2) is 6.48. The van der Waals surface area contributed by atoms with Crippen LogP contribution in [-0.2, 0) is 18.3 Å². The zero-order valence-electron chi connectivity index (χ0n) is 13.9. The summed E-state index contributed by atoms with van der Waals surface area (Å²) in [6.07, 6.45) is 4.70. The first-order valence-corrected chi connectivity index (χ1v) is 8.01. The summed E-state index contributed by atoms with van der Waals surface area (Å²) in [5.41, 5.74) is 1.97. The van der Waals surface area contributed by atoms with Crippen molar-refractivity contribution in [1.82, 2.24) is 14.7 Å². The van der Waals surface area contributed by atoms with Crippen LogP contribution in [0.15, 0.2) is 22.8 Å². The number of carbonyl (C=O) groups is 1. The Labute approximate surface area is 136 Å². The highest BCUT2D eigenvalue weighted by molar-refractivity contribution is 5.77. The molecule has 3 rings (SSSR count). The van der Waals surface area contributed by atoms with Gasteiger partial charge in [-0.3, -0.25) is 4.79 Å². The summed E-state index contributed by atoms with van der Waals surface area (Å²) < 4.78 is 12.6. The normalized spacial score (nSPS) is 17.7. The van der Waals surface area contributed by atoms with E-state index in [9.17, 15) is 4.79 Å². The van der Waals surface area contributed by atoms with Crippen molar-refractivity contribution in [3.05, 3.63) is 35.4 Å². The van der Waals surface area contributed by atoms with Gasteiger partial charge in [-0.1, -0.05) is 0 Å². The molecular weight excluding hydrogens is 294 g/mol. The van der Waals surface area contributed by atoms with Crippen LogP contribution in [0, 0.1) is 6.92 Å². The van der Waals surface area contributed by atoms with Gasteiger partial charge in [-0.2, -0.15) is 5.10 Å². The topological polar surface area (TPSA) is 60.5 Å². The van der Waals surface area contributed by atoms with E-state index in [4.69, 9.17) is 9.15 Å². The van der Waals surface area contributed by atoms with E-state index in [1.807, 2.05) is 31.0 Å². The van der Waals surface area contributed by atoms with Crippen LogP contribution in [-0.4, -0.2) is 34.2 Å². The molecule has 23 heavy (non-hydrogen) atoms. The fraction of sp³-hybridized carbons (Fsp3) is 0.529. The third-order valence-electron chi connectivity index (χ3n) is 4.48. The quantitative estimate of drug-likeness (QED) is 0.850. The molecule has 3 heterocycles. The number of nitrogens with zero attached hydrogens (tertiary/aromatic N) is 3. The highest BCUT2D eigenvalue weighted by atomic mass is 16.5. The smallest absolute Gasteiger partial charge is 0.223 e. The molecule has 0 spiro atoms. The summed E-state index contributed by atoms with van der Waals surface area (Å²) in [7, 11) is 3.52. The number of carbonyl (C=O) groups excluding carboxylic acids is 1. The molecule has 0 aromatic carbocycles. The van der Waals surface area contributed by atoms with Crippen molar-refractivity contribution < 1.29 is 13.9 Å². The predicted molar refractivity (Wildman–Crippen MR) is 85.2 cm³/mol. The Balaban J connectivity index is 1.76. The molecule has 6 nitrogen and oxygen atoms in total. The van der Waals surface area contributed by atoms with Gasteiger partial charge in [0.1, 0.15) is 5.76 Å². The number of likely N-dealkylation sites (tertiary alicyclic amines) is 1. The second-order valence-electron chi connectivity index (χ2n) is 5.96. The maximum atomic E-state index is 12.7. The van der Waals surface area contributed by atoms with E-state index in [1.54, 1.807) is 18.1 Å². The fourth-order valence-corrected chi connectivity index (χ4v) is 3.47. The van der Waals surface area contributed by atoms with E-state index in [0.29, 0.717) is 12.8 Å². The van der Waals surface area contributed by atoms with Gasteiger partial charge in [-0.05, 0) is 31.9 Å². The summed E-state index contributed by atoms with van der Waals surface area (Å²) in [6, 6.07) is 3.81. The molecule has 2 aromatic heterocycles. The van der Waals surface area contributed by atoms with Crippen LogP contribution >= 0.6 is 0 Å². The lowest BCUT2D eigenvalue weighted by Gasteiger charge is -2.25.